The molecule has 1 aliphatic rings. The van der Waals surface area contributed by atoms with Crippen molar-refractivity contribution in [2.24, 2.45) is 0 Å². The smallest absolute Gasteiger partial charge is 0.129 e. The molecule has 5 heteroatoms. The first-order chi connectivity index (χ1) is 7.51. The van der Waals surface area contributed by atoms with Gasteiger partial charge in [0, 0.05) is 24.6 Å². The van der Waals surface area contributed by atoms with Crippen molar-refractivity contribution < 1.29 is 9.84 Å². The summed E-state index contributed by atoms with van der Waals surface area (Å²) in [5.41, 5.74) is 5.41. The number of aromatic nitrogens is 1. The molecular formula is C11H15ClN2O2. The molecule has 88 valence electrons. The van der Waals surface area contributed by atoms with Gasteiger partial charge < -0.3 is 15.6 Å². The first-order valence-electron chi connectivity index (χ1n) is 5.27. The van der Waals surface area contributed by atoms with Crippen LogP contribution in [0.5, 0.6) is 0 Å². The summed E-state index contributed by atoms with van der Waals surface area (Å²) in [6, 6.07) is 1.68. The maximum absolute atomic E-state index is 10.6. The van der Waals surface area contributed by atoms with E-state index in [9.17, 15) is 5.11 Å². The van der Waals surface area contributed by atoms with Crippen LogP contribution in [-0.4, -0.2) is 22.8 Å². The highest BCUT2D eigenvalue weighted by molar-refractivity contribution is 6.30. The average molecular weight is 243 g/mol. The van der Waals surface area contributed by atoms with E-state index in [2.05, 4.69) is 4.98 Å². The zero-order valence-corrected chi connectivity index (χ0v) is 9.87. The van der Waals surface area contributed by atoms with Crippen LogP contribution >= 0.6 is 11.6 Å². The third-order valence-electron chi connectivity index (χ3n) is 2.93. The Morgan fingerprint density at radius 3 is 3.12 bits per heavy atom. The van der Waals surface area contributed by atoms with Gasteiger partial charge in [0.15, 0.2) is 0 Å². The van der Waals surface area contributed by atoms with Crippen LogP contribution in [0.4, 0.5) is 5.82 Å². The Balaban J connectivity index is 2.37. The second-order valence-corrected chi connectivity index (χ2v) is 4.69. The quantitative estimate of drug-likeness (QED) is 0.787. The Morgan fingerprint density at radius 2 is 2.44 bits per heavy atom. The van der Waals surface area contributed by atoms with Crippen LogP contribution in [0.3, 0.4) is 0 Å². The molecule has 1 saturated heterocycles. The molecule has 0 spiro atoms. The second-order valence-electron chi connectivity index (χ2n) is 4.25. The van der Waals surface area contributed by atoms with Crippen molar-refractivity contribution in [3.8, 4) is 0 Å². The Hall–Kier alpha value is -0.840. The monoisotopic (exact) mass is 242 g/mol. The lowest BCUT2D eigenvalue weighted by molar-refractivity contribution is -0.101. The van der Waals surface area contributed by atoms with Crippen LogP contribution < -0.4 is 5.73 Å². The number of ether oxygens (including phenoxy) is 1. The van der Waals surface area contributed by atoms with Gasteiger partial charge in [-0.3, -0.25) is 0 Å². The molecule has 4 nitrogen and oxygen atoms in total. The summed E-state index contributed by atoms with van der Waals surface area (Å²) in [5, 5.41) is 11.0. The molecule has 1 aromatic heterocycles. The van der Waals surface area contributed by atoms with Gasteiger partial charge in [-0.1, -0.05) is 11.6 Å². The van der Waals surface area contributed by atoms with E-state index >= 15 is 0 Å². The second kappa shape index (κ2) is 4.20. The molecule has 0 saturated carbocycles. The van der Waals surface area contributed by atoms with Gasteiger partial charge in [0.2, 0.25) is 0 Å². The Kier molecular flexibility index (Phi) is 3.06. The van der Waals surface area contributed by atoms with Gasteiger partial charge in [0.25, 0.3) is 0 Å². The predicted molar refractivity (Wildman–Crippen MR) is 62.2 cm³/mol. The molecule has 0 bridgehead atoms. The van der Waals surface area contributed by atoms with Crippen molar-refractivity contribution in [3.63, 3.8) is 0 Å². The largest absolute Gasteiger partial charge is 0.385 e. The van der Waals surface area contributed by atoms with Crippen LogP contribution in [0.25, 0.3) is 0 Å². The van der Waals surface area contributed by atoms with E-state index in [1.807, 2.05) is 6.92 Å². The minimum atomic E-state index is -0.973. The van der Waals surface area contributed by atoms with Crippen molar-refractivity contribution in [2.75, 3.05) is 12.3 Å². The minimum Gasteiger partial charge on any atom is -0.385 e. The normalized spacial score (nSPS) is 30.3. The lowest BCUT2D eigenvalue weighted by atomic mass is 9.84. The molecule has 3 N–H and O–H groups in total. The fourth-order valence-corrected chi connectivity index (χ4v) is 2.29. The highest BCUT2D eigenvalue weighted by Gasteiger charge is 2.37. The third-order valence-corrected chi connectivity index (χ3v) is 3.14. The van der Waals surface area contributed by atoms with E-state index in [1.165, 1.54) is 6.20 Å². The summed E-state index contributed by atoms with van der Waals surface area (Å²) in [5.74, 6) is 0.334. The third kappa shape index (κ3) is 2.14. The molecule has 2 atom stereocenters. The molecule has 0 amide bonds. The number of hydrogen-bond donors (Lipinski definition) is 2. The number of halogens is 1. The summed E-state index contributed by atoms with van der Waals surface area (Å²) in [6.07, 6.45) is 2.52. The van der Waals surface area contributed by atoms with Gasteiger partial charge >= 0.3 is 0 Å². The van der Waals surface area contributed by atoms with E-state index in [4.69, 9.17) is 22.1 Å². The SMILES string of the molecule is CC1CC(O)(c2cc(Cl)cnc2N)CCO1. The summed E-state index contributed by atoms with van der Waals surface area (Å²) in [6.45, 7) is 2.45. The highest BCUT2D eigenvalue weighted by atomic mass is 35.5. The van der Waals surface area contributed by atoms with Gasteiger partial charge in [-0.2, -0.15) is 0 Å². The van der Waals surface area contributed by atoms with Crippen molar-refractivity contribution in [1.82, 2.24) is 4.98 Å². The number of anilines is 1. The van der Waals surface area contributed by atoms with E-state index in [-0.39, 0.29) is 6.10 Å². The van der Waals surface area contributed by atoms with Gasteiger partial charge in [0.05, 0.1) is 23.3 Å². The minimum absolute atomic E-state index is 0.0112. The fraction of sp³-hybridized carbons (Fsp3) is 0.545. The first-order valence-corrected chi connectivity index (χ1v) is 5.64. The molecule has 0 aromatic carbocycles. The Morgan fingerprint density at radius 1 is 1.69 bits per heavy atom. The van der Waals surface area contributed by atoms with Crippen molar-refractivity contribution in [1.29, 1.82) is 0 Å². The Labute approximate surface area is 99.4 Å². The molecule has 2 rings (SSSR count). The number of hydrogen-bond acceptors (Lipinski definition) is 4. The van der Waals surface area contributed by atoms with E-state index in [1.54, 1.807) is 6.07 Å². The summed E-state index contributed by atoms with van der Waals surface area (Å²) >= 11 is 5.87. The predicted octanol–water partition coefficient (Wildman–Crippen LogP) is 1.70. The Bertz CT molecular complexity index is 400. The van der Waals surface area contributed by atoms with Crippen molar-refractivity contribution >= 4 is 17.4 Å². The molecule has 1 fully saturated rings. The van der Waals surface area contributed by atoms with Gasteiger partial charge in [-0.25, -0.2) is 4.98 Å². The molecule has 16 heavy (non-hydrogen) atoms. The average Bonchev–Trinajstić information content (AvgIpc) is 2.21. The number of nitrogens with zero attached hydrogens (tertiary/aromatic N) is 1. The number of pyridine rings is 1. The molecule has 1 aliphatic heterocycles. The van der Waals surface area contributed by atoms with E-state index in [0.29, 0.717) is 35.9 Å². The van der Waals surface area contributed by atoms with Crippen molar-refractivity contribution in [3.05, 3.63) is 22.8 Å². The standard InChI is InChI=1S/C11H15ClN2O2/c1-7-5-11(15,2-3-16-7)9-4-8(12)6-14-10(9)13/h4,6-7,15H,2-3,5H2,1H3,(H2,13,14). The van der Waals surface area contributed by atoms with E-state index in [0.717, 1.165) is 0 Å². The van der Waals surface area contributed by atoms with Crippen LogP contribution in [0.15, 0.2) is 12.3 Å². The highest BCUT2D eigenvalue weighted by Crippen LogP contribution is 2.37. The zero-order chi connectivity index (χ0) is 11.8. The number of nitrogen functional groups attached to an aromatic ring is 1. The number of nitrogens with two attached hydrogens (primary N) is 1. The molecule has 1 aromatic rings. The van der Waals surface area contributed by atoms with Gasteiger partial charge in [-0.05, 0) is 13.0 Å². The lowest BCUT2D eigenvalue weighted by Crippen LogP contribution is -2.38. The fourth-order valence-electron chi connectivity index (χ4n) is 2.13. The van der Waals surface area contributed by atoms with Crippen LogP contribution in [0.2, 0.25) is 5.02 Å². The molecule has 2 unspecified atom stereocenters. The first kappa shape index (κ1) is 11.6. The van der Waals surface area contributed by atoms with Crippen LogP contribution in [0, 0.1) is 0 Å². The topological polar surface area (TPSA) is 68.4 Å². The summed E-state index contributed by atoms with van der Waals surface area (Å²) in [7, 11) is 0. The molecule has 0 aliphatic carbocycles. The van der Waals surface area contributed by atoms with Gasteiger partial charge in [-0.15, -0.1) is 0 Å². The van der Waals surface area contributed by atoms with Gasteiger partial charge in [0.1, 0.15) is 5.82 Å². The summed E-state index contributed by atoms with van der Waals surface area (Å²) < 4.78 is 5.41. The van der Waals surface area contributed by atoms with E-state index < -0.39 is 5.60 Å². The van der Waals surface area contributed by atoms with Crippen molar-refractivity contribution in [2.45, 2.75) is 31.5 Å². The van der Waals surface area contributed by atoms with Crippen LogP contribution in [0.1, 0.15) is 25.3 Å². The zero-order valence-electron chi connectivity index (χ0n) is 9.11. The lowest BCUT2D eigenvalue weighted by Gasteiger charge is -2.36. The molecular weight excluding hydrogens is 228 g/mol. The molecule has 0 radical (unpaired) electrons. The maximum Gasteiger partial charge on any atom is 0.129 e. The molecule has 2 heterocycles. The number of rotatable bonds is 1. The van der Waals surface area contributed by atoms with Crippen LogP contribution in [-0.2, 0) is 10.3 Å². The summed E-state index contributed by atoms with van der Waals surface area (Å²) in [4.78, 5) is 3.97. The maximum atomic E-state index is 10.6. The number of aliphatic hydroxyl groups is 1.